The van der Waals surface area contributed by atoms with Crippen LogP contribution < -0.4 is 0 Å². The van der Waals surface area contributed by atoms with Gasteiger partial charge >= 0.3 is 0 Å². The summed E-state index contributed by atoms with van der Waals surface area (Å²) in [7, 11) is 0. The highest BCUT2D eigenvalue weighted by Crippen LogP contribution is 2.45. The SMILES string of the molecule is c1ccc2c(c1)CCc1ccccc1C2C1OCCC2OC21. The van der Waals surface area contributed by atoms with Gasteiger partial charge in [0.25, 0.3) is 0 Å². The average Bonchev–Trinajstić information content (AvgIpc) is 3.36. The summed E-state index contributed by atoms with van der Waals surface area (Å²) in [4.78, 5) is 0. The highest BCUT2D eigenvalue weighted by Gasteiger charge is 2.52. The molecule has 2 aromatic rings. The van der Waals surface area contributed by atoms with Gasteiger partial charge in [0.2, 0.25) is 0 Å². The lowest BCUT2D eigenvalue weighted by atomic mass is 9.81. The summed E-state index contributed by atoms with van der Waals surface area (Å²) in [6.07, 6.45) is 4.17. The molecule has 0 bridgehead atoms. The van der Waals surface area contributed by atoms with Crippen molar-refractivity contribution in [2.24, 2.45) is 0 Å². The molecule has 0 saturated carbocycles. The number of fused-ring (bicyclic) bond motifs is 3. The Labute approximate surface area is 131 Å². The molecule has 0 N–H and O–H groups in total. The van der Waals surface area contributed by atoms with E-state index >= 15 is 0 Å². The maximum atomic E-state index is 6.22. The van der Waals surface area contributed by atoms with Crippen molar-refractivity contribution < 1.29 is 9.47 Å². The molecule has 22 heavy (non-hydrogen) atoms. The molecule has 5 rings (SSSR count). The number of benzene rings is 2. The van der Waals surface area contributed by atoms with Crippen LogP contribution in [0.25, 0.3) is 0 Å². The largest absolute Gasteiger partial charge is 0.374 e. The van der Waals surface area contributed by atoms with E-state index in [9.17, 15) is 0 Å². The molecule has 2 heteroatoms. The third-order valence-corrected chi connectivity index (χ3v) is 5.43. The van der Waals surface area contributed by atoms with Crippen LogP contribution in [0.3, 0.4) is 0 Å². The molecule has 2 aliphatic heterocycles. The number of hydrogen-bond donors (Lipinski definition) is 0. The molecule has 0 spiro atoms. The van der Waals surface area contributed by atoms with E-state index in [4.69, 9.17) is 9.47 Å². The topological polar surface area (TPSA) is 21.8 Å². The molecule has 0 aromatic heterocycles. The zero-order chi connectivity index (χ0) is 14.5. The van der Waals surface area contributed by atoms with Crippen molar-refractivity contribution in [1.29, 1.82) is 0 Å². The Morgan fingerprint density at radius 1 is 0.773 bits per heavy atom. The third-order valence-electron chi connectivity index (χ3n) is 5.43. The molecule has 0 amide bonds. The second-order valence-electron chi connectivity index (χ2n) is 6.64. The smallest absolute Gasteiger partial charge is 0.111 e. The predicted molar refractivity (Wildman–Crippen MR) is 85.2 cm³/mol. The summed E-state index contributed by atoms with van der Waals surface area (Å²) in [6.45, 7) is 0.826. The van der Waals surface area contributed by atoms with Gasteiger partial charge in [0.05, 0.1) is 12.2 Å². The van der Waals surface area contributed by atoms with Crippen LogP contribution in [0.5, 0.6) is 0 Å². The van der Waals surface area contributed by atoms with Crippen LogP contribution in [-0.2, 0) is 22.3 Å². The van der Waals surface area contributed by atoms with Crippen LogP contribution in [0, 0.1) is 0 Å². The van der Waals surface area contributed by atoms with E-state index in [1.807, 2.05) is 0 Å². The van der Waals surface area contributed by atoms with Crippen LogP contribution in [0.1, 0.15) is 34.6 Å². The van der Waals surface area contributed by atoms with Gasteiger partial charge in [0, 0.05) is 12.5 Å². The summed E-state index contributed by atoms with van der Waals surface area (Å²) >= 11 is 0. The second kappa shape index (κ2) is 4.94. The van der Waals surface area contributed by atoms with Gasteiger partial charge < -0.3 is 9.47 Å². The van der Waals surface area contributed by atoms with Gasteiger partial charge in [-0.05, 0) is 41.5 Å². The lowest BCUT2D eigenvalue weighted by Crippen LogP contribution is -2.34. The third kappa shape index (κ3) is 1.94. The first-order chi connectivity index (χ1) is 10.9. The van der Waals surface area contributed by atoms with E-state index in [2.05, 4.69) is 48.5 Å². The van der Waals surface area contributed by atoms with E-state index < -0.39 is 0 Å². The number of ether oxygens (including phenoxy) is 2. The molecule has 112 valence electrons. The minimum Gasteiger partial charge on any atom is -0.374 e. The quantitative estimate of drug-likeness (QED) is 0.751. The second-order valence-corrected chi connectivity index (χ2v) is 6.64. The Hall–Kier alpha value is -1.64. The fourth-order valence-corrected chi connectivity index (χ4v) is 4.30. The monoisotopic (exact) mass is 292 g/mol. The van der Waals surface area contributed by atoms with Crippen molar-refractivity contribution in [1.82, 2.24) is 0 Å². The molecule has 3 unspecified atom stereocenters. The van der Waals surface area contributed by atoms with Crippen LogP contribution in [-0.4, -0.2) is 24.9 Å². The van der Waals surface area contributed by atoms with Gasteiger partial charge in [-0.3, -0.25) is 0 Å². The standard InChI is InChI=1S/C20H20O2/c1-3-7-15-13(5-1)9-10-14-6-2-4-8-16(14)18(15)20-19-17(22-19)11-12-21-20/h1-8,17-20H,9-12H2. The minimum absolute atomic E-state index is 0.166. The van der Waals surface area contributed by atoms with E-state index in [1.165, 1.54) is 22.3 Å². The Kier molecular flexibility index (Phi) is 2.89. The highest BCUT2D eigenvalue weighted by atomic mass is 16.6. The maximum absolute atomic E-state index is 6.22. The first-order valence-electron chi connectivity index (χ1n) is 8.34. The zero-order valence-electron chi connectivity index (χ0n) is 12.6. The lowest BCUT2D eigenvalue weighted by Gasteiger charge is -2.30. The van der Waals surface area contributed by atoms with Gasteiger partial charge in [0.15, 0.2) is 0 Å². The van der Waals surface area contributed by atoms with E-state index in [0.717, 1.165) is 25.9 Å². The Bertz CT molecular complexity index is 661. The van der Waals surface area contributed by atoms with Crippen LogP contribution in [0.15, 0.2) is 48.5 Å². The molecule has 0 radical (unpaired) electrons. The zero-order valence-corrected chi connectivity index (χ0v) is 12.6. The molecular formula is C20H20O2. The van der Waals surface area contributed by atoms with Crippen molar-refractivity contribution >= 4 is 0 Å². The molecule has 2 aromatic carbocycles. The number of hydrogen-bond acceptors (Lipinski definition) is 2. The minimum atomic E-state index is 0.166. The van der Waals surface area contributed by atoms with Crippen molar-refractivity contribution in [2.75, 3.05) is 6.61 Å². The van der Waals surface area contributed by atoms with E-state index in [0.29, 0.717) is 12.0 Å². The molecule has 3 aliphatic rings. The summed E-state index contributed by atoms with van der Waals surface area (Å²) in [5.74, 6) is 0.310. The molecule has 2 saturated heterocycles. The van der Waals surface area contributed by atoms with Crippen LogP contribution in [0.4, 0.5) is 0 Å². The maximum Gasteiger partial charge on any atom is 0.111 e. The molecule has 2 fully saturated rings. The number of epoxide rings is 1. The molecule has 3 atom stereocenters. The Morgan fingerprint density at radius 2 is 1.41 bits per heavy atom. The first-order valence-corrected chi connectivity index (χ1v) is 8.34. The lowest BCUT2D eigenvalue weighted by molar-refractivity contribution is 0.0160. The van der Waals surface area contributed by atoms with Crippen molar-refractivity contribution in [3.63, 3.8) is 0 Å². The molecular weight excluding hydrogens is 272 g/mol. The molecule has 2 heterocycles. The van der Waals surface area contributed by atoms with E-state index in [1.54, 1.807) is 0 Å². The summed E-state index contributed by atoms with van der Waals surface area (Å²) in [5, 5.41) is 0. The predicted octanol–water partition coefficient (Wildman–Crippen LogP) is 3.47. The summed E-state index contributed by atoms with van der Waals surface area (Å²) < 4.78 is 12.1. The summed E-state index contributed by atoms with van der Waals surface area (Å²) in [6, 6.07) is 17.8. The van der Waals surface area contributed by atoms with Gasteiger partial charge in [-0.15, -0.1) is 0 Å². The average molecular weight is 292 g/mol. The van der Waals surface area contributed by atoms with Crippen molar-refractivity contribution in [3.8, 4) is 0 Å². The fourth-order valence-electron chi connectivity index (χ4n) is 4.30. The number of rotatable bonds is 1. The normalized spacial score (nSPS) is 29.9. The van der Waals surface area contributed by atoms with Crippen molar-refractivity contribution in [2.45, 2.75) is 43.5 Å². The molecule has 1 aliphatic carbocycles. The summed E-state index contributed by atoms with van der Waals surface area (Å²) in [5.41, 5.74) is 5.81. The van der Waals surface area contributed by atoms with Crippen LogP contribution in [0.2, 0.25) is 0 Å². The highest BCUT2D eigenvalue weighted by molar-refractivity contribution is 5.46. The number of aryl methyl sites for hydroxylation is 2. The van der Waals surface area contributed by atoms with Crippen molar-refractivity contribution in [3.05, 3.63) is 70.8 Å². The van der Waals surface area contributed by atoms with Gasteiger partial charge in [0.1, 0.15) is 6.10 Å². The van der Waals surface area contributed by atoms with Crippen LogP contribution >= 0.6 is 0 Å². The van der Waals surface area contributed by atoms with Gasteiger partial charge in [-0.1, -0.05) is 48.5 Å². The Balaban J connectivity index is 1.67. The Morgan fingerprint density at radius 3 is 2.09 bits per heavy atom. The first kappa shape index (κ1) is 12.9. The molecule has 2 nitrogen and oxygen atoms in total. The van der Waals surface area contributed by atoms with E-state index in [-0.39, 0.29) is 12.2 Å². The van der Waals surface area contributed by atoms with Gasteiger partial charge in [-0.25, -0.2) is 0 Å². The van der Waals surface area contributed by atoms with Gasteiger partial charge in [-0.2, -0.15) is 0 Å². The fraction of sp³-hybridized carbons (Fsp3) is 0.400.